The van der Waals surface area contributed by atoms with Crippen LogP contribution in [0.15, 0.2) is 71.4 Å². The van der Waals surface area contributed by atoms with E-state index in [0.717, 1.165) is 49.3 Å². The summed E-state index contributed by atoms with van der Waals surface area (Å²) >= 11 is 0. The van der Waals surface area contributed by atoms with Crippen LogP contribution in [-0.2, 0) is 0 Å². The lowest BCUT2D eigenvalue weighted by Crippen LogP contribution is -2.38. The predicted octanol–water partition coefficient (Wildman–Crippen LogP) is 6.37. The van der Waals surface area contributed by atoms with Gasteiger partial charge < -0.3 is 10.2 Å². The number of allylic oxidation sites excluding steroid dienone is 4. The normalized spacial score (nSPS) is 17.1. The fourth-order valence-corrected chi connectivity index (χ4v) is 4.37. The van der Waals surface area contributed by atoms with Crippen LogP contribution < -0.4 is 5.32 Å². The van der Waals surface area contributed by atoms with Crippen molar-refractivity contribution in [2.75, 3.05) is 18.4 Å². The summed E-state index contributed by atoms with van der Waals surface area (Å²) in [5.41, 5.74) is 6.77. The first-order chi connectivity index (χ1) is 15.1. The zero-order chi connectivity index (χ0) is 21.6. The Hall–Kier alpha value is -3.14. The first-order valence-corrected chi connectivity index (χ1v) is 11.2. The Kier molecular flexibility index (Phi) is 6.66. The molecule has 0 bridgehead atoms. The second kappa shape index (κ2) is 9.78. The molecule has 4 heteroatoms. The first-order valence-electron chi connectivity index (χ1n) is 11.2. The molecule has 2 amide bonds. The molecule has 0 radical (unpaired) electrons. The van der Waals surface area contributed by atoms with E-state index in [1.807, 2.05) is 23.2 Å². The van der Waals surface area contributed by atoms with Gasteiger partial charge in [0.15, 0.2) is 0 Å². The highest BCUT2D eigenvalue weighted by Crippen LogP contribution is 2.36. The summed E-state index contributed by atoms with van der Waals surface area (Å²) in [5.74, 6) is 0.00531. The second-order valence-electron chi connectivity index (χ2n) is 8.39. The van der Waals surface area contributed by atoms with E-state index in [-0.39, 0.29) is 11.9 Å². The number of hydrogen-bond acceptors (Lipinski definition) is 2. The third-order valence-electron chi connectivity index (χ3n) is 6.25. The van der Waals surface area contributed by atoms with Gasteiger partial charge in [-0.25, -0.2) is 4.79 Å². The number of hydrogen-bond donors (Lipinski definition) is 1. The van der Waals surface area contributed by atoms with E-state index in [4.69, 9.17) is 4.99 Å². The second-order valence-corrected chi connectivity index (χ2v) is 8.39. The Bertz CT molecular complexity index is 1030. The maximum Gasteiger partial charge on any atom is 0.321 e. The molecule has 1 N–H and O–H groups in total. The summed E-state index contributed by atoms with van der Waals surface area (Å²) in [6.45, 7) is 6.00. The van der Waals surface area contributed by atoms with Crippen LogP contribution in [0.2, 0.25) is 0 Å². The Balaban J connectivity index is 1.69. The Morgan fingerprint density at radius 2 is 1.87 bits per heavy atom. The van der Waals surface area contributed by atoms with Gasteiger partial charge in [0, 0.05) is 31.4 Å². The number of anilines is 1. The fourth-order valence-electron chi connectivity index (χ4n) is 4.37. The standard InChI is InChI=1S/C27H31N3O/c1-20-11-9-14-24(21(20)2)26(25-15-5-3-6-16-28-25)22-12-10-13-23(19-22)29-27(31)30-17-7-4-8-18-30/h3,5,9-16,19,26H,4,6-8,17-18H2,1-2H3,(H,29,31). The van der Waals surface area contributed by atoms with Gasteiger partial charge in [0.2, 0.25) is 0 Å². The van der Waals surface area contributed by atoms with Crippen molar-refractivity contribution < 1.29 is 4.79 Å². The average molecular weight is 414 g/mol. The minimum Gasteiger partial charge on any atom is -0.325 e. The van der Waals surface area contributed by atoms with Crippen LogP contribution in [0, 0.1) is 13.8 Å². The lowest BCUT2D eigenvalue weighted by molar-refractivity contribution is 0.200. The van der Waals surface area contributed by atoms with Gasteiger partial charge in [0.25, 0.3) is 0 Å². The van der Waals surface area contributed by atoms with Gasteiger partial charge in [-0.3, -0.25) is 4.99 Å². The maximum absolute atomic E-state index is 12.7. The summed E-state index contributed by atoms with van der Waals surface area (Å²) in [7, 11) is 0. The molecule has 0 spiro atoms. The lowest BCUT2D eigenvalue weighted by atomic mass is 9.84. The number of nitrogens with one attached hydrogen (secondary N) is 1. The predicted molar refractivity (Wildman–Crippen MR) is 129 cm³/mol. The highest BCUT2D eigenvalue weighted by molar-refractivity contribution is 5.89. The lowest BCUT2D eigenvalue weighted by Gasteiger charge is -2.27. The van der Waals surface area contributed by atoms with Gasteiger partial charge in [0.1, 0.15) is 0 Å². The molecular formula is C27H31N3O. The van der Waals surface area contributed by atoms with Crippen LogP contribution in [0.3, 0.4) is 0 Å². The van der Waals surface area contributed by atoms with E-state index in [0.29, 0.717) is 0 Å². The first kappa shape index (κ1) is 21.1. The molecule has 1 atom stereocenters. The van der Waals surface area contributed by atoms with Crippen molar-refractivity contribution in [3.8, 4) is 0 Å². The number of carbonyl (C=O) groups excluding carboxylic acids is 1. The topological polar surface area (TPSA) is 44.7 Å². The molecule has 1 fully saturated rings. The van der Waals surface area contributed by atoms with Crippen LogP contribution in [0.4, 0.5) is 10.5 Å². The quantitative estimate of drug-likeness (QED) is 0.622. The highest BCUT2D eigenvalue weighted by Gasteiger charge is 2.22. The highest BCUT2D eigenvalue weighted by atomic mass is 16.2. The number of nitrogens with zero attached hydrogens (tertiary/aromatic N) is 2. The molecule has 4 rings (SSSR count). The molecule has 0 aromatic heterocycles. The molecular weight excluding hydrogens is 382 g/mol. The Morgan fingerprint density at radius 1 is 1.06 bits per heavy atom. The molecule has 2 aromatic carbocycles. The zero-order valence-electron chi connectivity index (χ0n) is 18.5. The largest absolute Gasteiger partial charge is 0.325 e. The van der Waals surface area contributed by atoms with Crippen molar-refractivity contribution in [1.29, 1.82) is 0 Å². The van der Waals surface area contributed by atoms with Crippen molar-refractivity contribution in [3.05, 3.63) is 88.6 Å². The van der Waals surface area contributed by atoms with Gasteiger partial charge in [-0.2, -0.15) is 0 Å². The molecule has 160 valence electrons. The van der Waals surface area contributed by atoms with E-state index in [9.17, 15) is 4.79 Å². The van der Waals surface area contributed by atoms with E-state index < -0.39 is 0 Å². The molecule has 1 saturated heterocycles. The van der Waals surface area contributed by atoms with Crippen LogP contribution in [0.5, 0.6) is 0 Å². The number of rotatable bonds is 4. The van der Waals surface area contributed by atoms with Crippen molar-refractivity contribution in [3.63, 3.8) is 0 Å². The van der Waals surface area contributed by atoms with Gasteiger partial charge in [-0.05, 0) is 73.6 Å². The molecule has 2 aromatic rings. The monoisotopic (exact) mass is 413 g/mol. The van der Waals surface area contributed by atoms with Crippen molar-refractivity contribution >= 4 is 17.9 Å². The minimum absolute atomic E-state index is 0.00484. The summed E-state index contributed by atoms with van der Waals surface area (Å²) in [5, 5.41) is 3.11. The van der Waals surface area contributed by atoms with Crippen LogP contribution in [0.1, 0.15) is 53.9 Å². The third kappa shape index (κ3) is 4.96. The molecule has 2 aliphatic rings. The molecule has 4 nitrogen and oxygen atoms in total. The molecule has 0 aliphatic carbocycles. The van der Waals surface area contributed by atoms with Gasteiger partial charge >= 0.3 is 6.03 Å². The van der Waals surface area contributed by atoms with Gasteiger partial charge in [-0.1, -0.05) is 42.5 Å². The van der Waals surface area contributed by atoms with E-state index in [2.05, 4.69) is 67.7 Å². The number of amides is 2. The van der Waals surface area contributed by atoms with E-state index in [1.54, 1.807) is 0 Å². The molecule has 1 unspecified atom stereocenters. The van der Waals surface area contributed by atoms with Crippen LogP contribution >= 0.6 is 0 Å². The number of aliphatic imine (C=N–C) groups is 1. The van der Waals surface area contributed by atoms with E-state index >= 15 is 0 Å². The molecule has 0 saturated carbocycles. The van der Waals surface area contributed by atoms with Crippen molar-refractivity contribution in [2.45, 2.75) is 45.4 Å². The smallest absolute Gasteiger partial charge is 0.321 e. The summed E-state index contributed by atoms with van der Waals surface area (Å²) < 4.78 is 0. The number of aryl methyl sites for hydroxylation is 1. The number of urea groups is 1. The number of likely N-dealkylation sites (tertiary alicyclic amines) is 1. The zero-order valence-corrected chi connectivity index (χ0v) is 18.5. The average Bonchev–Trinajstić information content (AvgIpc) is 3.07. The minimum atomic E-state index is -0.00484. The van der Waals surface area contributed by atoms with Crippen LogP contribution in [-0.4, -0.2) is 30.2 Å². The molecule has 2 aliphatic heterocycles. The van der Waals surface area contributed by atoms with Crippen molar-refractivity contribution in [1.82, 2.24) is 4.90 Å². The Labute approximate surface area is 185 Å². The number of carbonyl (C=O) groups is 1. The number of benzene rings is 2. The third-order valence-corrected chi connectivity index (χ3v) is 6.25. The summed E-state index contributed by atoms with van der Waals surface area (Å²) in [6, 6.07) is 14.7. The fraction of sp³-hybridized carbons (Fsp3) is 0.333. The van der Waals surface area contributed by atoms with E-state index in [1.165, 1.54) is 23.1 Å². The summed E-state index contributed by atoms with van der Waals surface area (Å²) in [4.78, 5) is 19.4. The van der Waals surface area contributed by atoms with Gasteiger partial charge in [-0.15, -0.1) is 0 Å². The maximum atomic E-state index is 12.7. The Morgan fingerprint density at radius 3 is 2.71 bits per heavy atom. The SMILES string of the molecule is Cc1cccc(C(C2=CC=CCC=N2)c2cccc(NC(=O)N3CCCCC3)c2)c1C. The van der Waals surface area contributed by atoms with Gasteiger partial charge in [0.05, 0.1) is 11.6 Å². The summed E-state index contributed by atoms with van der Waals surface area (Å²) in [6.07, 6.45) is 12.5. The molecule has 31 heavy (non-hydrogen) atoms. The van der Waals surface area contributed by atoms with Crippen molar-refractivity contribution in [2.24, 2.45) is 4.99 Å². The molecule has 2 heterocycles. The van der Waals surface area contributed by atoms with Crippen LogP contribution in [0.25, 0.3) is 0 Å². The number of piperidine rings is 1.